The van der Waals surface area contributed by atoms with E-state index in [1.54, 1.807) is 0 Å². The van der Waals surface area contributed by atoms with Gasteiger partial charge in [-0.1, -0.05) is 19.1 Å². The summed E-state index contributed by atoms with van der Waals surface area (Å²) in [5.41, 5.74) is 4.59. The van der Waals surface area contributed by atoms with Crippen LogP contribution in [0.3, 0.4) is 0 Å². The molecule has 0 fully saturated rings. The van der Waals surface area contributed by atoms with Crippen molar-refractivity contribution < 1.29 is 0 Å². The van der Waals surface area contributed by atoms with Crippen molar-refractivity contribution in [3.63, 3.8) is 0 Å². The van der Waals surface area contributed by atoms with E-state index in [4.69, 9.17) is 5.84 Å². The lowest BCUT2D eigenvalue weighted by Gasteiger charge is -2.13. The minimum atomic E-state index is 0.654. The van der Waals surface area contributed by atoms with Crippen LogP contribution < -0.4 is 16.6 Å². The number of nitrogens with one attached hydrogen (secondary N) is 2. The normalized spacial score (nSPS) is 10.2. The van der Waals surface area contributed by atoms with E-state index in [9.17, 15) is 0 Å². The summed E-state index contributed by atoms with van der Waals surface area (Å²) in [6, 6.07) is 8.04. The van der Waals surface area contributed by atoms with Crippen LogP contribution in [0.5, 0.6) is 0 Å². The second-order valence-corrected chi connectivity index (χ2v) is 4.81. The number of halogens is 1. The Kier molecular flexibility index (Phi) is 4.32. The molecule has 1 aromatic heterocycles. The van der Waals surface area contributed by atoms with Gasteiger partial charge in [0.1, 0.15) is 18.0 Å². The number of nitrogens with two attached hydrogens (primary N) is 1. The van der Waals surface area contributed by atoms with Gasteiger partial charge in [0.05, 0.1) is 5.69 Å². The van der Waals surface area contributed by atoms with Crippen molar-refractivity contribution in [2.75, 3.05) is 10.7 Å². The maximum absolute atomic E-state index is 5.45. The minimum Gasteiger partial charge on any atom is -0.339 e. The Morgan fingerprint density at radius 1 is 1.22 bits per heavy atom. The third-order valence-electron chi connectivity index (χ3n) is 2.56. The highest BCUT2D eigenvalue weighted by atomic mass is 127. The van der Waals surface area contributed by atoms with Gasteiger partial charge in [0, 0.05) is 9.13 Å². The summed E-state index contributed by atoms with van der Waals surface area (Å²) in [5, 5.41) is 3.31. The van der Waals surface area contributed by atoms with Gasteiger partial charge in [-0.2, -0.15) is 0 Å². The molecule has 2 rings (SSSR count). The lowest BCUT2D eigenvalue weighted by Crippen LogP contribution is -2.13. The van der Waals surface area contributed by atoms with E-state index in [2.05, 4.69) is 43.3 Å². The molecule has 94 valence electrons. The molecule has 0 unspecified atom stereocenters. The zero-order chi connectivity index (χ0) is 13.0. The number of hydrogen-bond acceptors (Lipinski definition) is 5. The molecule has 0 spiro atoms. The van der Waals surface area contributed by atoms with Gasteiger partial charge < -0.3 is 10.7 Å². The van der Waals surface area contributed by atoms with Crippen molar-refractivity contribution in [3.8, 4) is 0 Å². The molecule has 0 aliphatic rings. The molecule has 5 nitrogen and oxygen atoms in total. The predicted octanol–water partition coefficient (Wildman–Crippen LogP) is 2.67. The molecule has 1 heterocycles. The molecule has 0 radical (unpaired) electrons. The highest BCUT2D eigenvalue weighted by molar-refractivity contribution is 14.1. The fourth-order valence-corrected chi connectivity index (χ4v) is 2.19. The lowest BCUT2D eigenvalue weighted by atomic mass is 10.2. The van der Waals surface area contributed by atoms with Crippen molar-refractivity contribution in [3.05, 3.63) is 39.7 Å². The first-order chi connectivity index (χ1) is 8.76. The smallest absolute Gasteiger partial charge is 0.148 e. The topological polar surface area (TPSA) is 75.9 Å². The van der Waals surface area contributed by atoms with Crippen molar-refractivity contribution >= 4 is 39.9 Å². The lowest BCUT2D eigenvalue weighted by molar-refractivity contribution is 1.04. The molecular weight excluding hydrogens is 341 g/mol. The molecule has 0 saturated heterocycles. The van der Waals surface area contributed by atoms with E-state index < -0.39 is 0 Å². The first-order valence-electron chi connectivity index (χ1n) is 5.58. The third-order valence-corrected chi connectivity index (χ3v) is 3.50. The Morgan fingerprint density at radius 3 is 2.61 bits per heavy atom. The van der Waals surface area contributed by atoms with Gasteiger partial charge in [-0.25, -0.2) is 15.8 Å². The standard InChI is InChI=1S/C12H14IN5/c1-2-8-11(15-7-16-12(8)18-14)17-10-6-4-3-5-9(10)13/h3-7H,2,14H2,1H3,(H2,15,16,17,18). The number of nitrogens with zero attached hydrogens (tertiary/aromatic N) is 2. The number of hydrazine groups is 1. The third kappa shape index (κ3) is 2.70. The minimum absolute atomic E-state index is 0.654. The van der Waals surface area contributed by atoms with Crippen LogP contribution >= 0.6 is 22.6 Å². The zero-order valence-corrected chi connectivity index (χ0v) is 12.1. The Labute approximate surface area is 119 Å². The van der Waals surface area contributed by atoms with Crippen molar-refractivity contribution in [1.82, 2.24) is 9.97 Å². The van der Waals surface area contributed by atoms with Gasteiger partial charge in [-0.05, 0) is 41.1 Å². The number of para-hydroxylation sites is 1. The Balaban J connectivity index is 2.37. The molecule has 6 heteroatoms. The van der Waals surface area contributed by atoms with Crippen molar-refractivity contribution in [2.24, 2.45) is 5.84 Å². The Morgan fingerprint density at radius 2 is 1.94 bits per heavy atom. The SMILES string of the molecule is CCc1c(NN)ncnc1Nc1ccccc1I. The number of hydrogen-bond donors (Lipinski definition) is 3. The summed E-state index contributed by atoms with van der Waals surface area (Å²) < 4.78 is 1.14. The van der Waals surface area contributed by atoms with Gasteiger partial charge in [-0.3, -0.25) is 0 Å². The molecule has 18 heavy (non-hydrogen) atoms. The predicted molar refractivity (Wildman–Crippen MR) is 81.7 cm³/mol. The molecule has 2 aromatic rings. The molecule has 4 N–H and O–H groups in total. The second-order valence-electron chi connectivity index (χ2n) is 3.65. The van der Waals surface area contributed by atoms with E-state index >= 15 is 0 Å². The van der Waals surface area contributed by atoms with Gasteiger partial charge in [0.15, 0.2) is 0 Å². The first kappa shape index (κ1) is 13.0. The molecule has 1 aromatic carbocycles. The number of anilines is 3. The van der Waals surface area contributed by atoms with Gasteiger partial charge in [0.25, 0.3) is 0 Å². The molecule has 0 atom stereocenters. The summed E-state index contributed by atoms with van der Waals surface area (Å²) in [5.74, 6) is 6.88. The average Bonchev–Trinajstić information content (AvgIpc) is 2.41. The van der Waals surface area contributed by atoms with Gasteiger partial charge in [0.2, 0.25) is 0 Å². The molecule has 0 aliphatic carbocycles. The van der Waals surface area contributed by atoms with Crippen LogP contribution in [-0.4, -0.2) is 9.97 Å². The molecular formula is C12H14IN5. The average molecular weight is 355 g/mol. The highest BCUT2D eigenvalue weighted by Crippen LogP contribution is 2.26. The summed E-state index contributed by atoms with van der Waals surface area (Å²) >= 11 is 2.28. The van der Waals surface area contributed by atoms with Gasteiger partial charge >= 0.3 is 0 Å². The maximum atomic E-state index is 5.45. The van der Waals surface area contributed by atoms with E-state index in [0.29, 0.717) is 5.82 Å². The highest BCUT2D eigenvalue weighted by Gasteiger charge is 2.09. The summed E-state index contributed by atoms with van der Waals surface area (Å²) in [4.78, 5) is 8.38. The maximum Gasteiger partial charge on any atom is 0.148 e. The fourth-order valence-electron chi connectivity index (χ4n) is 1.67. The molecule has 0 saturated carbocycles. The fraction of sp³-hybridized carbons (Fsp3) is 0.167. The van der Waals surface area contributed by atoms with Crippen LogP contribution in [0.2, 0.25) is 0 Å². The van der Waals surface area contributed by atoms with Crippen molar-refractivity contribution in [1.29, 1.82) is 0 Å². The van der Waals surface area contributed by atoms with Crippen LogP contribution in [0, 0.1) is 3.57 Å². The van der Waals surface area contributed by atoms with E-state index in [1.165, 1.54) is 6.33 Å². The molecule has 0 bridgehead atoms. The first-order valence-corrected chi connectivity index (χ1v) is 6.66. The summed E-state index contributed by atoms with van der Waals surface area (Å²) in [6.07, 6.45) is 2.29. The largest absolute Gasteiger partial charge is 0.339 e. The Bertz CT molecular complexity index is 544. The summed E-state index contributed by atoms with van der Waals surface area (Å²) in [7, 11) is 0. The van der Waals surface area contributed by atoms with Crippen LogP contribution in [0.4, 0.5) is 17.3 Å². The van der Waals surface area contributed by atoms with Crippen LogP contribution in [0.15, 0.2) is 30.6 Å². The monoisotopic (exact) mass is 355 g/mol. The number of rotatable bonds is 4. The quantitative estimate of drug-likeness (QED) is 0.447. The van der Waals surface area contributed by atoms with Crippen LogP contribution in [0.25, 0.3) is 0 Å². The van der Waals surface area contributed by atoms with Crippen molar-refractivity contribution in [2.45, 2.75) is 13.3 Å². The number of benzene rings is 1. The van der Waals surface area contributed by atoms with Crippen LogP contribution in [-0.2, 0) is 6.42 Å². The van der Waals surface area contributed by atoms with E-state index in [0.717, 1.165) is 27.1 Å². The number of aromatic nitrogens is 2. The van der Waals surface area contributed by atoms with E-state index in [-0.39, 0.29) is 0 Å². The second kappa shape index (κ2) is 5.96. The Hall–Kier alpha value is -1.41. The van der Waals surface area contributed by atoms with Crippen LogP contribution in [0.1, 0.15) is 12.5 Å². The zero-order valence-electron chi connectivity index (χ0n) is 9.94. The summed E-state index contributed by atoms with van der Waals surface area (Å²) in [6.45, 7) is 2.04. The van der Waals surface area contributed by atoms with Gasteiger partial charge in [-0.15, -0.1) is 0 Å². The molecule has 0 aliphatic heterocycles. The molecule has 0 amide bonds. The van der Waals surface area contributed by atoms with E-state index in [1.807, 2.05) is 31.2 Å². The number of nitrogen functional groups attached to an aromatic ring is 1.